The molecule has 0 bridgehead atoms. The van der Waals surface area contributed by atoms with Crippen LogP contribution in [0, 0.1) is 6.92 Å². The number of nitrogens with zero attached hydrogens (tertiary/aromatic N) is 6. The van der Waals surface area contributed by atoms with Gasteiger partial charge in [0.1, 0.15) is 5.52 Å². The molecule has 7 nitrogen and oxygen atoms in total. The van der Waals surface area contributed by atoms with E-state index in [1.807, 2.05) is 66.8 Å². The average molecular weight is 400 g/mol. The highest BCUT2D eigenvalue weighted by molar-refractivity contribution is 5.96. The third-order valence-corrected chi connectivity index (χ3v) is 5.10. The lowest BCUT2D eigenvalue weighted by Gasteiger charge is -2.27. The van der Waals surface area contributed by atoms with Crippen LogP contribution in [-0.2, 0) is 13.1 Å². The molecule has 0 aliphatic heterocycles. The highest BCUT2D eigenvalue weighted by atomic mass is 16.2. The van der Waals surface area contributed by atoms with Gasteiger partial charge in [0.25, 0.3) is 5.91 Å². The quantitative estimate of drug-likeness (QED) is 0.494. The molecule has 7 heteroatoms. The highest BCUT2D eigenvalue weighted by Gasteiger charge is 2.21. The molecular formula is C23H24N6O. The minimum atomic E-state index is -0.0775. The van der Waals surface area contributed by atoms with Gasteiger partial charge in [-0.1, -0.05) is 12.1 Å². The van der Waals surface area contributed by atoms with Gasteiger partial charge in [-0.2, -0.15) is 0 Å². The van der Waals surface area contributed by atoms with Gasteiger partial charge in [0.05, 0.1) is 30.7 Å². The van der Waals surface area contributed by atoms with Crippen LogP contribution in [-0.4, -0.2) is 41.4 Å². The third kappa shape index (κ3) is 4.05. The van der Waals surface area contributed by atoms with E-state index < -0.39 is 0 Å². The van der Waals surface area contributed by atoms with Crippen LogP contribution in [0.15, 0.2) is 61.4 Å². The van der Waals surface area contributed by atoms with E-state index in [4.69, 9.17) is 0 Å². The zero-order valence-electron chi connectivity index (χ0n) is 17.4. The Kier molecular flexibility index (Phi) is 5.52. The zero-order chi connectivity index (χ0) is 21.1. The van der Waals surface area contributed by atoms with Crippen molar-refractivity contribution in [3.63, 3.8) is 0 Å². The van der Waals surface area contributed by atoms with Crippen LogP contribution in [0.4, 0.5) is 0 Å². The molecule has 4 heterocycles. The Morgan fingerprint density at radius 2 is 1.93 bits per heavy atom. The Balaban J connectivity index is 1.60. The maximum Gasteiger partial charge on any atom is 0.256 e. The van der Waals surface area contributed by atoms with Crippen molar-refractivity contribution >= 4 is 17.1 Å². The fourth-order valence-corrected chi connectivity index (χ4v) is 3.37. The lowest BCUT2D eigenvalue weighted by Crippen LogP contribution is -2.37. The van der Waals surface area contributed by atoms with E-state index in [2.05, 4.69) is 19.9 Å². The molecule has 0 atom stereocenters. The van der Waals surface area contributed by atoms with Gasteiger partial charge in [-0.15, -0.1) is 0 Å². The van der Waals surface area contributed by atoms with Crippen molar-refractivity contribution in [2.24, 2.45) is 0 Å². The molecule has 1 amide bonds. The molecule has 4 rings (SSSR count). The van der Waals surface area contributed by atoms with Gasteiger partial charge >= 0.3 is 0 Å². The number of carbonyl (C=O) groups excluding carboxylic acids is 1. The second-order valence-electron chi connectivity index (χ2n) is 7.59. The summed E-state index contributed by atoms with van der Waals surface area (Å²) in [5, 5.41) is 0. The summed E-state index contributed by atoms with van der Waals surface area (Å²) in [6, 6.07) is 9.66. The summed E-state index contributed by atoms with van der Waals surface area (Å²) >= 11 is 0. The van der Waals surface area contributed by atoms with E-state index in [9.17, 15) is 4.79 Å². The van der Waals surface area contributed by atoms with Crippen LogP contribution in [0.2, 0.25) is 0 Å². The van der Waals surface area contributed by atoms with Crippen molar-refractivity contribution in [3.8, 4) is 0 Å². The number of pyridine rings is 3. The van der Waals surface area contributed by atoms with Crippen molar-refractivity contribution in [2.75, 3.05) is 0 Å². The first-order chi connectivity index (χ1) is 14.5. The predicted octanol–water partition coefficient (Wildman–Crippen LogP) is 3.63. The summed E-state index contributed by atoms with van der Waals surface area (Å²) in [5.74, 6) is -0.0775. The van der Waals surface area contributed by atoms with Crippen LogP contribution >= 0.6 is 0 Å². The van der Waals surface area contributed by atoms with Crippen molar-refractivity contribution < 1.29 is 4.79 Å². The maximum absolute atomic E-state index is 13.3. The van der Waals surface area contributed by atoms with E-state index in [0.717, 1.165) is 22.5 Å². The fraction of sp³-hybridized carbons (Fsp3) is 0.261. The monoisotopic (exact) mass is 400 g/mol. The summed E-state index contributed by atoms with van der Waals surface area (Å²) in [6.07, 6.45) is 8.71. The smallest absolute Gasteiger partial charge is 0.256 e. The minimum absolute atomic E-state index is 0.0257. The number of hydrogen-bond acceptors (Lipinski definition) is 5. The lowest BCUT2D eigenvalue weighted by molar-refractivity contribution is 0.0687. The highest BCUT2D eigenvalue weighted by Crippen LogP contribution is 2.18. The van der Waals surface area contributed by atoms with Crippen LogP contribution in [0.3, 0.4) is 0 Å². The van der Waals surface area contributed by atoms with E-state index in [1.54, 1.807) is 24.9 Å². The van der Waals surface area contributed by atoms with Crippen molar-refractivity contribution in [2.45, 2.75) is 39.9 Å². The summed E-state index contributed by atoms with van der Waals surface area (Å²) in [5.41, 5.74) is 4.99. The number of aryl methyl sites for hydroxylation is 1. The van der Waals surface area contributed by atoms with Gasteiger partial charge in [-0.3, -0.25) is 14.8 Å². The summed E-state index contributed by atoms with van der Waals surface area (Å²) in [7, 11) is 0. The largest absolute Gasteiger partial charge is 0.330 e. The van der Waals surface area contributed by atoms with Gasteiger partial charge in [-0.05, 0) is 50.1 Å². The topological polar surface area (TPSA) is 76.8 Å². The SMILES string of the molecule is Cc1cccnc1CN(C(=O)c1cnc2c(c1)ncn2Cc1cccnc1)C(C)C. The standard InChI is InChI=1S/C23H24N6O/c1-16(2)29(14-21-17(3)6-4-9-25-21)23(30)19-10-20-22(26-12-19)28(15-27-20)13-18-7-5-8-24-11-18/h4-12,15-16H,13-14H2,1-3H3. The van der Waals surface area contributed by atoms with E-state index in [1.165, 1.54) is 0 Å². The van der Waals surface area contributed by atoms with Gasteiger partial charge in [-0.25, -0.2) is 9.97 Å². The van der Waals surface area contributed by atoms with Crippen molar-refractivity contribution in [1.82, 2.24) is 29.4 Å². The molecule has 0 unspecified atom stereocenters. The number of aromatic nitrogens is 5. The molecule has 4 aromatic rings. The van der Waals surface area contributed by atoms with Crippen LogP contribution in [0.25, 0.3) is 11.2 Å². The molecule has 0 radical (unpaired) electrons. The Labute approximate surface area is 175 Å². The first-order valence-electron chi connectivity index (χ1n) is 9.94. The van der Waals surface area contributed by atoms with Crippen LogP contribution in [0.1, 0.15) is 41.0 Å². The van der Waals surface area contributed by atoms with Crippen molar-refractivity contribution in [1.29, 1.82) is 0 Å². The molecule has 4 aromatic heterocycles. The van der Waals surface area contributed by atoms with Crippen LogP contribution < -0.4 is 0 Å². The predicted molar refractivity (Wildman–Crippen MR) is 115 cm³/mol. The lowest BCUT2D eigenvalue weighted by atomic mass is 10.1. The second kappa shape index (κ2) is 8.41. The Hall–Kier alpha value is -3.61. The minimum Gasteiger partial charge on any atom is -0.330 e. The first kappa shape index (κ1) is 19.7. The number of amides is 1. The van der Waals surface area contributed by atoms with E-state index >= 15 is 0 Å². The average Bonchev–Trinajstić information content (AvgIpc) is 3.15. The Morgan fingerprint density at radius 1 is 1.10 bits per heavy atom. The van der Waals surface area contributed by atoms with Gasteiger partial charge in [0, 0.05) is 30.8 Å². The zero-order valence-corrected chi connectivity index (χ0v) is 17.4. The second-order valence-corrected chi connectivity index (χ2v) is 7.59. The molecule has 0 aliphatic rings. The third-order valence-electron chi connectivity index (χ3n) is 5.10. The Morgan fingerprint density at radius 3 is 2.67 bits per heavy atom. The number of fused-ring (bicyclic) bond motifs is 1. The molecule has 0 saturated heterocycles. The fourth-order valence-electron chi connectivity index (χ4n) is 3.37. The summed E-state index contributed by atoms with van der Waals surface area (Å²) < 4.78 is 1.96. The molecule has 0 saturated carbocycles. The van der Waals surface area contributed by atoms with E-state index in [0.29, 0.717) is 24.2 Å². The number of hydrogen-bond donors (Lipinski definition) is 0. The molecule has 0 spiro atoms. The van der Waals surface area contributed by atoms with Crippen molar-refractivity contribution in [3.05, 3.63) is 83.8 Å². The van der Waals surface area contributed by atoms with E-state index in [-0.39, 0.29) is 11.9 Å². The number of imidazole rings is 1. The molecule has 0 aliphatic carbocycles. The van der Waals surface area contributed by atoms with Gasteiger partial charge in [0.2, 0.25) is 0 Å². The molecule has 0 fully saturated rings. The summed E-state index contributed by atoms with van der Waals surface area (Å²) in [6.45, 7) is 7.10. The normalized spacial score (nSPS) is 11.2. The molecule has 0 N–H and O–H groups in total. The number of carbonyl (C=O) groups is 1. The Bertz CT molecular complexity index is 1170. The number of rotatable bonds is 6. The van der Waals surface area contributed by atoms with Gasteiger partial charge < -0.3 is 9.47 Å². The molecule has 152 valence electrons. The first-order valence-corrected chi connectivity index (χ1v) is 9.94. The maximum atomic E-state index is 13.3. The molecule has 30 heavy (non-hydrogen) atoms. The van der Waals surface area contributed by atoms with Crippen LogP contribution in [0.5, 0.6) is 0 Å². The summed E-state index contributed by atoms with van der Waals surface area (Å²) in [4.78, 5) is 32.7. The molecule has 0 aromatic carbocycles. The van der Waals surface area contributed by atoms with Gasteiger partial charge in [0.15, 0.2) is 5.65 Å². The molecular weight excluding hydrogens is 376 g/mol.